The molecule has 1 unspecified atom stereocenters. The summed E-state index contributed by atoms with van der Waals surface area (Å²) in [4.78, 5) is 24.0. The van der Waals surface area contributed by atoms with Gasteiger partial charge in [-0.1, -0.05) is 32.1 Å². The van der Waals surface area contributed by atoms with Gasteiger partial charge in [-0.05, 0) is 54.7 Å². The van der Waals surface area contributed by atoms with Crippen LogP contribution in [-0.2, 0) is 9.59 Å². The van der Waals surface area contributed by atoms with Gasteiger partial charge in [0.2, 0.25) is 0 Å². The first-order valence-corrected chi connectivity index (χ1v) is 8.12. The van der Waals surface area contributed by atoms with Crippen LogP contribution in [0, 0.1) is 28.6 Å². The predicted molar refractivity (Wildman–Crippen MR) is 81.5 cm³/mol. The molecule has 2 heteroatoms. The third-order valence-electron chi connectivity index (χ3n) is 6.82. The Bertz CT molecular complexity index is 623. The number of hydrogen-bond acceptors (Lipinski definition) is 2. The Labute approximate surface area is 126 Å². The topological polar surface area (TPSA) is 34.1 Å². The molecule has 4 rings (SSSR count). The molecule has 0 aliphatic heterocycles. The van der Waals surface area contributed by atoms with Gasteiger partial charge in [0.05, 0.1) is 0 Å². The fourth-order valence-corrected chi connectivity index (χ4v) is 5.42. The summed E-state index contributed by atoms with van der Waals surface area (Å²) in [6.07, 6.45) is 14.0. The summed E-state index contributed by atoms with van der Waals surface area (Å²) in [6.45, 7) is 4.45. The number of hydrogen-bond donors (Lipinski definition) is 0. The Morgan fingerprint density at radius 1 is 1.10 bits per heavy atom. The third kappa shape index (κ3) is 1.59. The molecule has 0 bridgehead atoms. The first-order chi connectivity index (χ1) is 9.95. The van der Waals surface area contributed by atoms with Crippen molar-refractivity contribution in [2.24, 2.45) is 28.6 Å². The molecule has 4 aliphatic carbocycles. The summed E-state index contributed by atoms with van der Waals surface area (Å²) in [5, 5.41) is 0. The van der Waals surface area contributed by atoms with Crippen molar-refractivity contribution < 1.29 is 9.59 Å². The van der Waals surface area contributed by atoms with Gasteiger partial charge in [-0.15, -0.1) is 0 Å². The Morgan fingerprint density at radius 3 is 2.71 bits per heavy atom. The van der Waals surface area contributed by atoms with Gasteiger partial charge >= 0.3 is 0 Å². The summed E-state index contributed by atoms with van der Waals surface area (Å²) < 4.78 is 0. The van der Waals surface area contributed by atoms with E-state index in [1.165, 1.54) is 0 Å². The van der Waals surface area contributed by atoms with Crippen LogP contribution in [0.5, 0.6) is 0 Å². The number of ketones is 2. The maximum absolute atomic E-state index is 12.3. The molecule has 0 aromatic carbocycles. The van der Waals surface area contributed by atoms with E-state index in [-0.39, 0.29) is 16.6 Å². The average Bonchev–Trinajstić information content (AvgIpc) is 2.76. The standard InChI is InChI=1S/C19H22O2/c1-18-9-7-13(20)11-12(18)3-4-14-15-5-6-17(21)19(15,2)10-8-16(14)18/h3-4,7,9,11,14-16H,5-6,8,10H2,1-2H3/t14-,15-,16?,18-,19-/m0/s1. The fraction of sp³-hybridized carbons (Fsp3) is 0.579. The second-order valence-electron chi connectivity index (χ2n) is 7.69. The fourth-order valence-electron chi connectivity index (χ4n) is 5.42. The van der Waals surface area contributed by atoms with Gasteiger partial charge in [0, 0.05) is 17.3 Å². The zero-order valence-corrected chi connectivity index (χ0v) is 12.8. The number of carbonyl (C=O) groups is 2. The van der Waals surface area contributed by atoms with E-state index < -0.39 is 0 Å². The zero-order chi connectivity index (χ0) is 14.8. The summed E-state index contributed by atoms with van der Waals surface area (Å²) in [7, 11) is 0. The van der Waals surface area contributed by atoms with Crippen LogP contribution >= 0.6 is 0 Å². The van der Waals surface area contributed by atoms with Crippen molar-refractivity contribution >= 4 is 11.6 Å². The second-order valence-corrected chi connectivity index (χ2v) is 7.69. The van der Waals surface area contributed by atoms with Crippen LogP contribution in [0.15, 0.2) is 36.0 Å². The van der Waals surface area contributed by atoms with Crippen molar-refractivity contribution in [1.29, 1.82) is 0 Å². The SMILES string of the molecule is C[C@]12C=CC(=O)C=C1C=C[C@@H]1C2CC[C@]2(C)C(=O)CC[C@@H]12. The minimum atomic E-state index is -0.0999. The van der Waals surface area contributed by atoms with E-state index >= 15 is 0 Å². The highest BCUT2D eigenvalue weighted by Gasteiger charge is 2.57. The van der Waals surface area contributed by atoms with Gasteiger partial charge in [0.25, 0.3) is 0 Å². The monoisotopic (exact) mass is 282 g/mol. The zero-order valence-electron chi connectivity index (χ0n) is 12.8. The largest absolute Gasteiger partial charge is 0.299 e. The van der Waals surface area contributed by atoms with Crippen LogP contribution in [0.4, 0.5) is 0 Å². The number of rotatable bonds is 0. The third-order valence-corrected chi connectivity index (χ3v) is 6.82. The second kappa shape index (κ2) is 4.06. The maximum atomic E-state index is 12.3. The first kappa shape index (κ1) is 13.2. The van der Waals surface area contributed by atoms with Crippen LogP contribution in [0.3, 0.4) is 0 Å². The van der Waals surface area contributed by atoms with E-state index in [0.29, 0.717) is 23.5 Å². The molecule has 4 aliphatic rings. The van der Waals surface area contributed by atoms with Gasteiger partial charge in [-0.25, -0.2) is 0 Å². The molecule has 0 amide bonds. The van der Waals surface area contributed by atoms with Crippen LogP contribution in [-0.4, -0.2) is 11.6 Å². The minimum absolute atomic E-state index is 0.0275. The van der Waals surface area contributed by atoms with Crippen LogP contribution in [0.1, 0.15) is 39.5 Å². The molecule has 110 valence electrons. The summed E-state index contributed by atoms with van der Waals surface area (Å²) in [5.74, 6) is 2.07. The Kier molecular flexibility index (Phi) is 2.56. The number of fused-ring (bicyclic) bond motifs is 5. The molecule has 0 heterocycles. The molecule has 0 aromatic rings. The van der Waals surface area contributed by atoms with Gasteiger partial charge < -0.3 is 0 Å². The molecule has 0 N–H and O–H groups in total. The molecule has 2 saturated carbocycles. The van der Waals surface area contributed by atoms with Crippen molar-refractivity contribution in [3.8, 4) is 0 Å². The van der Waals surface area contributed by atoms with Gasteiger partial charge in [0.15, 0.2) is 5.78 Å². The lowest BCUT2D eigenvalue weighted by Gasteiger charge is -2.53. The number of allylic oxidation sites excluding steroid dienone is 6. The van der Waals surface area contributed by atoms with Crippen molar-refractivity contribution in [3.63, 3.8) is 0 Å². The number of Topliss-reactive ketones (excluding diaryl/α,β-unsaturated/α-hetero) is 1. The Hall–Kier alpha value is -1.44. The van der Waals surface area contributed by atoms with Crippen molar-refractivity contribution in [2.75, 3.05) is 0 Å². The number of carbonyl (C=O) groups excluding carboxylic acids is 2. The predicted octanol–water partition coefficient (Wildman–Crippen LogP) is 3.64. The van der Waals surface area contributed by atoms with Crippen LogP contribution < -0.4 is 0 Å². The van der Waals surface area contributed by atoms with Crippen LogP contribution in [0.2, 0.25) is 0 Å². The minimum Gasteiger partial charge on any atom is -0.299 e. The molecule has 21 heavy (non-hydrogen) atoms. The highest BCUT2D eigenvalue weighted by Crippen LogP contribution is 2.61. The van der Waals surface area contributed by atoms with Crippen molar-refractivity contribution in [3.05, 3.63) is 36.0 Å². The van der Waals surface area contributed by atoms with Gasteiger partial charge in [-0.2, -0.15) is 0 Å². The molecule has 0 saturated heterocycles. The maximum Gasteiger partial charge on any atom is 0.178 e. The smallest absolute Gasteiger partial charge is 0.178 e. The highest BCUT2D eigenvalue weighted by molar-refractivity contribution is 6.01. The normalized spacial score (nSPS) is 47.7. The van der Waals surface area contributed by atoms with E-state index in [1.54, 1.807) is 12.2 Å². The molecular formula is C19H22O2. The molecule has 2 nitrogen and oxygen atoms in total. The highest BCUT2D eigenvalue weighted by atomic mass is 16.1. The van der Waals surface area contributed by atoms with E-state index in [0.717, 1.165) is 31.3 Å². The van der Waals surface area contributed by atoms with E-state index in [2.05, 4.69) is 32.1 Å². The molecule has 5 atom stereocenters. The molecule has 0 radical (unpaired) electrons. The lowest BCUT2D eigenvalue weighted by molar-refractivity contribution is -0.130. The molecular weight excluding hydrogens is 260 g/mol. The lowest BCUT2D eigenvalue weighted by Crippen LogP contribution is -2.48. The van der Waals surface area contributed by atoms with Gasteiger partial charge in [-0.3, -0.25) is 9.59 Å². The van der Waals surface area contributed by atoms with E-state index in [1.807, 2.05) is 0 Å². The van der Waals surface area contributed by atoms with Crippen LogP contribution in [0.25, 0.3) is 0 Å². The molecule has 0 aromatic heterocycles. The summed E-state index contributed by atoms with van der Waals surface area (Å²) in [6, 6.07) is 0. The first-order valence-electron chi connectivity index (χ1n) is 8.12. The van der Waals surface area contributed by atoms with Crippen molar-refractivity contribution in [1.82, 2.24) is 0 Å². The van der Waals surface area contributed by atoms with E-state index in [9.17, 15) is 9.59 Å². The summed E-state index contributed by atoms with van der Waals surface area (Å²) >= 11 is 0. The molecule has 2 fully saturated rings. The van der Waals surface area contributed by atoms with Gasteiger partial charge in [0.1, 0.15) is 5.78 Å². The van der Waals surface area contributed by atoms with E-state index in [4.69, 9.17) is 0 Å². The molecule has 0 spiro atoms. The summed E-state index contributed by atoms with van der Waals surface area (Å²) in [5.41, 5.74) is 1.03. The lowest BCUT2D eigenvalue weighted by atomic mass is 9.50. The quantitative estimate of drug-likeness (QED) is 0.680. The Morgan fingerprint density at radius 2 is 1.90 bits per heavy atom. The Balaban J connectivity index is 1.78. The average molecular weight is 282 g/mol. The van der Waals surface area contributed by atoms with Crippen molar-refractivity contribution in [2.45, 2.75) is 39.5 Å².